The molecule has 4 nitrogen and oxygen atoms in total. The first-order valence-corrected chi connectivity index (χ1v) is 7.34. The van der Waals surface area contributed by atoms with Crippen LogP contribution in [0.15, 0.2) is 53.6 Å². The summed E-state index contributed by atoms with van der Waals surface area (Å²) in [6.07, 6.45) is 1.56. The van der Waals surface area contributed by atoms with E-state index in [4.69, 9.17) is 11.6 Å². The lowest BCUT2D eigenvalue weighted by Crippen LogP contribution is -2.34. The second kappa shape index (κ2) is 7.61. The van der Waals surface area contributed by atoms with E-state index in [9.17, 15) is 4.79 Å². The smallest absolute Gasteiger partial charge is 0.262 e. The van der Waals surface area contributed by atoms with Gasteiger partial charge in [-0.1, -0.05) is 41.4 Å². The Morgan fingerprint density at radius 2 is 1.95 bits per heavy atom. The average Bonchev–Trinajstić information content (AvgIpc) is 2.49. The number of hydrogen-bond donors (Lipinski definition) is 2. The van der Waals surface area contributed by atoms with Crippen molar-refractivity contribution < 1.29 is 4.79 Å². The van der Waals surface area contributed by atoms with Crippen molar-refractivity contribution >= 4 is 29.4 Å². The van der Waals surface area contributed by atoms with Gasteiger partial charge in [-0.15, -0.1) is 0 Å². The van der Waals surface area contributed by atoms with Gasteiger partial charge >= 0.3 is 0 Å². The van der Waals surface area contributed by atoms with Crippen molar-refractivity contribution in [3.8, 4) is 0 Å². The van der Waals surface area contributed by atoms with Crippen LogP contribution < -0.4 is 10.7 Å². The topological polar surface area (TPSA) is 53.5 Å². The highest BCUT2D eigenvalue weighted by Crippen LogP contribution is 2.10. The Morgan fingerprint density at radius 3 is 2.64 bits per heavy atom. The molecule has 114 valence electrons. The molecule has 0 radical (unpaired) electrons. The zero-order valence-corrected chi connectivity index (χ0v) is 13.3. The van der Waals surface area contributed by atoms with Crippen LogP contribution in [-0.2, 0) is 4.79 Å². The van der Waals surface area contributed by atoms with E-state index >= 15 is 0 Å². The number of hydrazone groups is 1. The van der Waals surface area contributed by atoms with Gasteiger partial charge in [-0.25, -0.2) is 5.43 Å². The number of rotatable bonds is 5. The Labute approximate surface area is 135 Å². The number of nitrogens with one attached hydrogen (secondary N) is 2. The van der Waals surface area contributed by atoms with Gasteiger partial charge in [0, 0.05) is 10.7 Å². The lowest BCUT2D eigenvalue weighted by molar-refractivity contribution is -0.121. The average molecular weight is 316 g/mol. The van der Waals surface area contributed by atoms with Gasteiger partial charge in [0.05, 0.1) is 6.21 Å². The minimum absolute atomic E-state index is 0.209. The second-order valence-corrected chi connectivity index (χ2v) is 5.46. The molecule has 0 saturated heterocycles. The summed E-state index contributed by atoms with van der Waals surface area (Å²) in [7, 11) is 0. The van der Waals surface area contributed by atoms with Gasteiger partial charge in [0.2, 0.25) is 0 Å². The van der Waals surface area contributed by atoms with Crippen molar-refractivity contribution in [3.63, 3.8) is 0 Å². The Morgan fingerprint density at radius 1 is 1.23 bits per heavy atom. The highest BCUT2D eigenvalue weighted by molar-refractivity contribution is 6.30. The summed E-state index contributed by atoms with van der Waals surface area (Å²) in [6.45, 7) is 3.80. The summed E-state index contributed by atoms with van der Waals surface area (Å²) in [5.41, 5.74) is 5.40. The quantitative estimate of drug-likeness (QED) is 0.654. The Balaban J connectivity index is 1.87. The van der Waals surface area contributed by atoms with E-state index in [0.29, 0.717) is 5.02 Å². The molecule has 2 aromatic rings. The van der Waals surface area contributed by atoms with E-state index in [1.54, 1.807) is 25.3 Å². The maximum Gasteiger partial charge on any atom is 0.262 e. The second-order valence-electron chi connectivity index (χ2n) is 5.02. The van der Waals surface area contributed by atoms with Gasteiger partial charge in [0.15, 0.2) is 0 Å². The highest BCUT2D eigenvalue weighted by Gasteiger charge is 2.11. The molecule has 0 unspecified atom stereocenters. The first-order valence-electron chi connectivity index (χ1n) is 6.96. The number of amides is 1. The normalized spacial score (nSPS) is 12.1. The van der Waals surface area contributed by atoms with Crippen LogP contribution in [0.1, 0.15) is 18.1 Å². The molecule has 0 saturated carbocycles. The molecule has 0 aromatic heterocycles. The van der Waals surface area contributed by atoms with Crippen LogP contribution in [0.25, 0.3) is 0 Å². The predicted molar refractivity (Wildman–Crippen MR) is 91.5 cm³/mol. The predicted octanol–water partition coefficient (Wildman–Crippen LogP) is 3.60. The largest absolute Gasteiger partial charge is 0.374 e. The zero-order chi connectivity index (χ0) is 15.9. The van der Waals surface area contributed by atoms with E-state index in [0.717, 1.165) is 11.3 Å². The molecule has 0 heterocycles. The maximum atomic E-state index is 12.0. The summed E-state index contributed by atoms with van der Waals surface area (Å²) in [5, 5.41) is 7.69. The molecule has 0 aliphatic carbocycles. The molecule has 2 rings (SSSR count). The third-order valence-corrected chi connectivity index (χ3v) is 3.30. The summed E-state index contributed by atoms with van der Waals surface area (Å²) < 4.78 is 0. The van der Waals surface area contributed by atoms with Crippen molar-refractivity contribution in [2.75, 3.05) is 5.32 Å². The molecule has 1 amide bonds. The minimum atomic E-state index is -0.390. The summed E-state index contributed by atoms with van der Waals surface area (Å²) >= 11 is 5.88. The molecular weight excluding hydrogens is 298 g/mol. The number of benzene rings is 2. The van der Waals surface area contributed by atoms with Crippen LogP contribution in [0.5, 0.6) is 0 Å². The maximum absolute atomic E-state index is 12.0. The summed E-state index contributed by atoms with van der Waals surface area (Å²) in [5.74, 6) is -0.209. The first kappa shape index (κ1) is 16.0. The van der Waals surface area contributed by atoms with E-state index in [2.05, 4.69) is 15.8 Å². The van der Waals surface area contributed by atoms with Gasteiger partial charge in [0.25, 0.3) is 5.91 Å². The van der Waals surface area contributed by atoms with Crippen molar-refractivity contribution in [2.24, 2.45) is 5.10 Å². The van der Waals surface area contributed by atoms with Gasteiger partial charge < -0.3 is 5.32 Å². The van der Waals surface area contributed by atoms with Crippen LogP contribution in [-0.4, -0.2) is 18.2 Å². The van der Waals surface area contributed by atoms with Gasteiger partial charge in [-0.05, 0) is 43.7 Å². The molecule has 2 N–H and O–H groups in total. The van der Waals surface area contributed by atoms with Crippen LogP contribution in [0, 0.1) is 6.92 Å². The van der Waals surface area contributed by atoms with E-state index in [1.807, 2.05) is 43.3 Å². The summed E-state index contributed by atoms with van der Waals surface area (Å²) in [6, 6.07) is 14.7. The third kappa shape index (κ3) is 4.90. The summed E-state index contributed by atoms with van der Waals surface area (Å²) in [4.78, 5) is 12.0. The molecule has 0 fully saturated rings. The van der Waals surface area contributed by atoms with Crippen molar-refractivity contribution in [2.45, 2.75) is 19.9 Å². The number of halogens is 1. The molecule has 0 spiro atoms. The van der Waals surface area contributed by atoms with Crippen molar-refractivity contribution in [3.05, 3.63) is 64.7 Å². The number of hydrogen-bond acceptors (Lipinski definition) is 3. The number of carbonyl (C=O) groups excluding carboxylic acids is 1. The molecule has 0 aliphatic heterocycles. The van der Waals surface area contributed by atoms with E-state index in [-0.39, 0.29) is 11.9 Å². The van der Waals surface area contributed by atoms with Crippen LogP contribution in [0.3, 0.4) is 0 Å². The highest BCUT2D eigenvalue weighted by atomic mass is 35.5. The molecule has 5 heteroatoms. The number of aryl methyl sites for hydroxylation is 1. The number of nitrogens with zero attached hydrogens (tertiary/aromatic N) is 1. The lowest BCUT2D eigenvalue weighted by atomic mass is 10.2. The monoisotopic (exact) mass is 315 g/mol. The van der Waals surface area contributed by atoms with Crippen molar-refractivity contribution in [1.29, 1.82) is 0 Å². The fourth-order valence-corrected chi connectivity index (χ4v) is 2.02. The fraction of sp³-hybridized carbons (Fsp3) is 0.176. The van der Waals surface area contributed by atoms with Gasteiger partial charge in [0.1, 0.15) is 6.04 Å². The van der Waals surface area contributed by atoms with Crippen LogP contribution in [0.2, 0.25) is 5.02 Å². The molecule has 0 aliphatic rings. The molecule has 2 aromatic carbocycles. The Bertz CT molecular complexity index is 668. The van der Waals surface area contributed by atoms with Crippen molar-refractivity contribution in [1.82, 2.24) is 5.43 Å². The number of carbonyl (C=O) groups is 1. The van der Waals surface area contributed by atoms with E-state index in [1.165, 1.54) is 5.56 Å². The fourth-order valence-electron chi connectivity index (χ4n) is 1.82. The molecule has 1 atom stereocenters. The zero-order valence-electron chi connectivity index (χ0n) is 12.5. The standard InChI is InChI=1S/C17H18ClN3O/c1-12-6-8-16(9-7-12)20-13(2)17(22)21-19-11-14-4-3-5-15(18)10-14/h3-11,13,20H,1-2H3,(H,21,22)/b19-11-/t13-/m1/s1. The third-order valence-electron chi connectivity index (χ3n) is 3.07. The Kier molecular flexibility index (Phi) is 5.55. The molecular formula is C17H18ClN3O. The van der Waals surface area contributed by atoms with Crippen LogP contribution >= 0.6 is 11.6 Å². The SMILES string of the molecule is Cc1ccc(N[C@H](C)C(=O)N/N=C\c2cccc(Cl)c2)cc1. The molecule has 22 heavy (non-hydrogen) atoms. The Hall–Kier alpha value is -2.33. The lowest BCUT2D eigenvalue weighted by Gasteiger charge is -2.13. The van der Waals surface area contributed by atoms with Gasteiger partial charge in [-0.2, -0.15) is 5.10 Å². The van der Waals surface area contributed by atoms with Gasteiger partial charge in [-0.3, -0.25) is 4.79 Å². The first-order chi connectivity index (χ1) is 10.5. The minimum Gasteiger partial charge on any atom is -0.374 e. The van der Waals surface area contributed by atoms with E-state index < -0.39 is 0 Å². The van der Waals surface area contributed by atoms with Crippen LogP contribution in [0.4, 0.5) is 5.69 Å². The number of anilines is 1. The molecule has 0 bridgehead atoms.